The number of hydrogen-bond acceptors (Lipinski definition) is 3. The van der Waals surface area contributed by atoms with Crippen LogP contribution in [-0.4, -0.2) is 20.9 Å². The van der Waals surface area contributed by atoms with Crippen LogP contribution >= 0.6 is 0 Å². The number of rotatable bonds is 8. The van der Waals surface area contributed by atoms with Crippen molar-refractivity contribution in [2.24, 2.45) is 0 Å². The molecule has 1 aromatic rings. The van der Waals surface area contributed by atoms with Crippen LogP contribution in [0.15, 0.2) is 24.3 Å². The second-order valence-corrected chi connectivity index (χ2v) is 12.9. The summed E-state index contributed by atoms with van der Waals surface area (Å²) in [5.41, 5.74) is 3.38. The first-order valence-electron chi connectivity index (χ1n) is 9.15. The number of unbranched alkanes of at least 4 members (excludes halogenated alkanes) is 1. The molecule has 0 N–H and O–H groups in total. The van der Waals surface area contributed by atoms with E-state index in [1.54, 1.807) is 6.08 Å². The molecule has 1 rings (SSSR count). The van der Waals surface area contributed by atoms with Crippen LogP contribution in [0.4, 0.5) is 0 Å². The average Bonchev–Trinajstić information content (AvgIpc) is 2.51. The molecule has 0 aliphatic carbocycles. The van der Waals surface area contributed by atoms with Gasteiger partial charge in [0.25, 0.3) is 0 Å². The Hall–Kier alpha value is -1.39. The fraction of sp³-hybridized carbons (Fsp3) is 0.571. The highest BCUT2D eigenvalue weighted by Gasteiger charge is 2.37. The van der Waals surface area contributed by atoms with E-state index in [0.717, 1.165) is 18.4 Å². The minimum Gasteiger partial charge on any atom is -0.463 e. The van der Waals surface area contributed by atoms with Gasteiger partial charge < -0.3 is 9.16 Å². The molecule has 0 aliphatic heterocycles. The molecular formula is C21H34O3Si. The molecule has 0 aromatic heterocycles. The van der Waals surface area contributed by atoms with E-state index in [1.165, 1.54) is 17.2 Å². The standard InChI is InChI=1S/C21H34O3Si/c1-8-9-14-23-20(22)13-11-18-10-12-19(17(2)15-18)16-24-25(6,7)21(3,4)5/h10-13,15H,8-9,14,16H2,1-7H3/b13-11+. The van der Waals surface area contributed by atoms with E-state index in [-0.39, 0.29) is 11.0 Å². The lowest BCUT2D eigenvalue weighted by molar-refractivity contribution is -0.137. The van der Waals surface area contributed by atoms with E-state index in [4.69, 9.17) is 9.16 Å². The quantitative estimate of drug-likeness (QED) is 0.251. The number of carbonyl (C=O) groups excluding carboxylic acids is 1. The summed E-state index contributed by atoms with van der Waals surface area (Å²) in [6.45, 7) is 16.6. The third-order valence-electron chi connectivity index (χ3n) is 4.92. The predicted octanol–water partition coefficient (Wildman–Crippen LogP) is 5.87. The average molecular weight is 363 g/mol. The molecule has 3 nitrogen and oxygen atoms in total. The Kier molecular flexibility index (Phi) is 8.09. The van der Waals surface area contributed by atoms with Gasteiger partial charge in [0.05, 0.1) is 13.2 Å². The lowest BCUT2D eigenvalue weighted by atomic mass is 10.1. The van der Waals surface area contributed by atoms with Crippen molar-refractivity contribution in [3.8, 4) is 0 Å². The Balaban J connectivity index is 2.67. The van der Waals surface area contributed by atoms with E-state index in [0.29, 0.717) is 13.2 Å². The number of hydrogen-bond donors (Lipinski definition) is 0. The smallest absolute Gasteiger partial charge is 0.330 e. The van der Waals surface area contributed by atoms with Crippen molar-refractivity contribution in [3.05, 3.63) is 41.0 Å². The maximum absolute atomic E-state index is 11.6. The molecule has 0 atom stereocenters. The molecule has 0 amide bonds. The molecule has 25 heavy (non-hydrogen) atoms. The molecule has 0 fully saturated rings. The van der Waals surface area contributed by atoms with Gasteiger partial charge in [-0.1, -0.05) is 52.3 Å². The molecule has 0 aliphatic rings. The molecule has 1 aromatic carbocycles. The van der Waals surface area contributed by atoms with Gasteiger partial charge in [-0.15, -0.1) is 0 Å². The van der Waals surface area contributed by atoms with E-state index in [9.17, 15) is 4.79 Å². The summed E-state index contributed by atoms with van der Waals surface area (Å²) in [7, 11) is -1.75. The van der Waals surface area contributed by atoms with Gasteiger partial charge >= 0.3 is 5.97 Å². The molecule has 0 saturated heterocycles. The van der Waals surface area contributed by atoms with Gasteiger partial charge in [-0.05, 0) is 54.2 Å². The molecule has 140 valence electrons. The highest BCUT2D eigenvalue weighted by atomic mass is 28.4. The fourth-order valence-corrected chi connectivity index (χ4v) is 2.94. The van der Waals surface area contributed by atoms with Crippen molar-refractivity contribution in [2.75, 3.05) is 6.61 Å². The minimum absolute atomic E-state index is 0.210. The Morgan fingerprint density at radius 3 is 2.48 bits per heavy atom. The van der Waals surface area contributed by atoms with Gasteiger partial charge in [0.15, 0.2) is 8.32 Å². The largest absolute Gasteiger partial charge is 0.463 e. The summed E-state index contributed by atoms with van der Waals surface area (Å²) >= 11 is 0. The van der Waals surface area contributed by atoms with E-state index >= 15 is 0 Å². The monoisotopic (exact) mass is 362 g/mol. The van der Waals surface area contributed by atoms with Crippen molar-refractivity contribution < 1.29 is 14.0 Å². The summed E-state index contributed by atoms with van der Waals surface area (Å²) in [6, 6.07) is 6.19. The molecular weight excluding hydrogens is 328 g/mol. The highest BCUT2D eigenvalue weighted by Crippen LogP contribution is 2.37. The molecule has 0 spiro atoms. The normalized spacial score (nSPS) is 12.6. The van der Waals surface area contributed by atoms with Crippen LogP contribution in [0.3, 0.4) is 0 Å². The van der Waals surface area contributed by atoms with Crippen LogP contribution in [0.5, 0.6) is 0 Å². The third kappa shape index (κ3) is 7.16. The maximum atomic E-state index is 11.6. The molecule has 0 saturated carbocycles. The summed E-state index contributed by atoms with van der Waals surface area (Å²) in [5, 5.41) is 0.210. The van der Waals surface area contributed by atoms with Crippen molar-refractivity contribution in [2.45, 2.75) is 72.2 Å². The zero-order chi connectivity index (χ0) is 19.1. The van der Waals surface area contributed by atoms with Crippen LogP contribution in [-0.2, 0) is 20.6 Å². The zero-order valence-corrected chi connectivity index (χ0v) is 17.9. The van der Waals surface area contributed by atoms with Gasteiger partial charge in [-0.2, -0.15) is 0 Å². The van der Waals surface area contributed by atoms with Crippen LogP contribution in [0, 0.1) is 6.92 Å². The number of esters is 1. The minimum atomic E-state index is -1.75. The summed E-state index contributed by atoms with van der Waals surface area (Å²) in [5.74, 6) is -0.281. The Morgan fingerprint density at radius 1 is 1.24 bits per heavy atom. The Morgan fingerprint density at radius 2 is 1.92 bits per heavy atom. The second kappa shape index (κ2) is 9.34. The predicted molar refractivity (Wildman–Crippen MR) is 108 cm³/mol. The molecule has 4 heteroatoms. The van der Waals surface area contributed by atoms with Gasteiger partial charge in [-0.25, -0.2) is 4.79 Å². The summed E-state index contributed by atoms with van der Waals surface area (Å²) < 4.78 is 11.4. The van der Waals surface area contributed by atoms with Crippen molar-refractivity contribution >= 4 is 20.4 Å². The topological polar surface area (TPSA) is 35.5 Å². The third-order valence-corrected chi connectivity index (χ3v) is 9.39. The fourth-order valence-electron chi connectivity index (χ4n) is 1.99. The SMILES string of the molecule is CCCCOC(=O)/C=C/c1ccc(CO[Si](C)(C)C(C)(C)C)c(C)c1. The van der Waals surface area contributed by atoms with Crippen molar-refractivity contribution in [3.63, 3.8) is 0 Å². The maximum Gasteiger partial charge on any atom is 0.330 e. The first-order valence-corrected chi connectivity index (χ1v) is 12.1. The zero-order valence-electron chi connectivity index (χ0n) is 16.9. The summed E-state index contributed by atoms with van der Waals surface area (Å²) in [6.07, 6.45) is 5.23. The van der Waals surface area contributed by atoms with Crippen LogP contribution in [0.1, 0.15) is 57.2 Å². The number of aryl methyl sites for hydroxylation is 1. The number of carbonyl (C=O) groups is 1. The van der Waals surface area contributed by atoms with Gasteiger partial charge in [0.2, 0.25) is 0 Å². The van der Waals surface area contributed by atoms with Gasteiger partial charge in [0, 0.05) is 6.08 Å². The van der Waals surface area contributed by atoms with Gasteiger partial charge in [0.1, 0.15) is 0 Å². The van der Waals surface area contributed by atoms with Crippen molar-refractivity contribution in [1.29, 1.82) is 0 Å². The number of benzene rings is 1. The molecule has 0 bridgehead atoms. The second-order valence-electron chi connectivity index (χ2n) is 8.09. The lowest BCUT2D eigenvalue weighted by Gasteiger charge is -2.36. The lowest BCUT2D eigenvalue weighted by Crippen LogP contribution is -2.40. The number of ether oxygens (including phenoxy) is 1. The Labute approximate surface area is 154 Å². The van der Waals surface area contributed by atoms with Crippen LogP contribution in [0.25, 0.3) is 6.08 Å². The highest BCUT2D eigenvalue weighted by molar-refractivity contribution is 6.74. The van der Waals surface area contributed by atoms with Crippen LogP contribution in [0.2, 0.25) is 18.1 Å². The summed E-state index contributed by atoms with van der Waals surface area (Å²) in [4.78, 5) is 11.6. The molecule has 0 radical (unpaired) electrons. The van der Waals surface area contributed by atoms with Crippen molar-refractivity contribution in [1.82, 2.24) is 0 Å². The van der Waals surface area contributed by atoms with Crippen LogP contribution < -0.4 is 0 Å². The van der Waals surface area contributed by atoms with Gasteiger partial charge in [-0.3, -0.25) is 0 Å². The first-order chi connectivity index (χ1) is 11.6. The van der Waals surface area contributed by atoms with E-state index < -0.39 is 8.32 Å². The van der Waals surface area contributed by atoms with E-state index in [1.807, 2.05) is 6.07 Å². The Bertz CT molecular complexity index is 598. The molecule has 0 heterocycles. The molecule has 0 unspecified atom stereocenters. The van der Waals surface area contributed by atoms with E-state index in [2.05, 4.69) is 59.8 Å². The first kappa shape index (κ1) is 21.6.